The standard InChI is InChI=1S/C26H23ClN2O5S/c27-19-5-3-4-17(14-19)16-29-21-6-1-2-7-22(21)34-23(25(29)30)12-13-33-20-10-8-18(9-11-20)24-15-28-26(31)35(24)32/h1-11,14,23-24H,12-13,15-16H2,(H,28,31). The molecule has 3 aromatic rings. The lowest BCUT2D eigenvalue weighted by atomic mass is 10.1. The first kappa shape index (κ1) is 23.5. The van der Waals surface area contributed by atoms with E-state index in [1.807, 2.05) is 54.6 Å². The molecule has 180 valence electrons. The average molecular weight is 511 g/mol. The van der Waals surface area contributed by atoms with Crippen LogP contribution < -0.4 is 19.7 Å². The summed E-state index contributed by atoms with van der Waals surface area (Å²) in [6.45, 7) is 1.02. The van der Waals surface area contributed by atoms with Gasteiger partial charge in [0.2, 0.25) is 0 Å². The summed E-state index contributed by atoms with van der Waals surface area (Å²) < 4.78 is 23.9. The molecule has 1 fully saturated rings. The van der Waals surface area contributed by atoms with Gasteiger partial charge in [0.05, 0.1) is 36.6 Å². The number of anilines is 1. The molecule has 2 amide bonds. The van der Waals surface area contributed by atoms with Crippen LogP contribution in [-0.2, 0) is 22.5 Å². The van der Waals surface area contributed by atoms with Crippen molar-refractivity contribution in [2.45, 2.75) is 24.3 Å². The van der Waals surface area contributed by atoms with Gasteiger partial charge in [-0.15, -0.1) is 0 Å². The summed E-state index contributed by atoms with van der Waals surface area (Å²) in [5.41, 5.74) is 2.47. The molecule has 3 atom stereocenters. The van der Waals surface area contributed by atoms with E-state index in [4.69, 9.17) is 21.1 Å². The molecule has 35 heavy (non-hydrogen) atoms. The molecule has 1 saturated heterocycles. The monoisotopic (exact) mass is 510 g/mol. The molecule has 5 rings (SSSR count). The van der Waals surface area contributed by atoms with Crippen molar-refractivity contribution in [1.29, 1.82) is 0 Å². The number of ether oxygens (including phenoxy) is 2. The molecule has 0 radical (unpaired) electrons. The normalized spacial score (nSPS) is 21.3. The van der Waals surface area contributed by atoms with Gasteiger partial charge in [0.15, 0.2) is 11.4 Å². The van der Waals surface area contributed by atoms with Gasteiger partial charge in [0.25, 0.3) is 5.91 Å². The number of nitrogens with zero attached hydrogens (tertiary/aromatic N) is 1. The van der Waals surface area contributed by atoms with Gasteiger partial charge in [0, 0.05) is 17.0 Å². The molecule has 2 aliphatic rings. The van der Waals surface area contributed by atoms with Crippen molar-refractivity contribution in [2.24, 2.45) is 0 Å². The molecule has 0 spiro atoms. The molecule has 0 saturated carbocycles. The zero-order valence-corrected chi connectivity index (χ0v) is 20.3. The Morgan fingerprint density at radius 1 is 1.09 bits per heavy atom. The highest BCUT2D eigenvalue weighted by atomic mass is 35.5. The summed E-state index contributed by atoms with van der Waals surface area (Å²) in [5, 5.41) is 2.45. The van der Waals surface area contributed by atoms with E-state index in [2.05, 4.69) is 5.32 Å². The van der Waals surface area contributed by atoms with Gasteiger partial charge >= 0.3 is 5.24 Å². The van der Waals surface area contributed by atoms with Gasteiger partial charge in [-0.3, -0.25) is 4.79 Å². The molecule has 3 aromatic carbocycles. The Kier molecular flexibility index (Phi) is 6.86. The van der Waals surface area contributed by atoms with Gasteiger partial charge in [0.1, 0.15) is 11.5 Å². The van der Waals surface area contributed by atoms with Crippen LogP contribution in [0, 0.1) is 0 Å². The molecule has 0 aliphatic carbocycles. The minimum atomic E-state index is -1.57. The van der Waals surface area contributed by atoms with Crippen LogP contribution in [0.25, 0.3) is 0 Å². The van der Waals surface area contributed by atoms with Crippen molar-refractivity contribution >= 4 is 39.6 Å². The Hall–Kier alpha value is -3.20. The van der Waals surface area contributed by atoms with Crippen molar-refractivity contribution in [1.82, 2.24) is 5.32 Å². The van der Waals surface area contributed by atoms with Gasteiger partial charge in [-0.2, -0.15) is 0 Å². The fraction of sp³-hybridized carbons (Fsp3) is 0.231. The second-order valence-corrected chi connectivity index (χ2v) is 10.3. The quantitative estimate of drug-likeness (QED) is 0.468. The summed E-state index contributed by atoms with van der Waals surface area (Å²) in [4.78, 5) is 26.5. The predicted octanol–water partition coefficient (Wildman–Crippen LogP) is 4.62. The minimum absolute atomic E-state index is 0.136. The number of halogens is 1. The molecule has 1 N–H and O–H groups in total. The number of carbonyl (C=O) groups excluding carboxylic acids is 2. The average Bonchev–Trinajstić information content (AvgIpc) is 3.20. The first-order valence-electron chi connectivity index (χ1n) is 11.2. The Bertz CT molecular complexity index is 1240. The lowest BCUT2D eigenvalue weighted by Gasteiger charge is -2.34. The molecular weight excluding hydrogens is 488 g/mol. The van der Waals surface area contributed by atoms with E-state index in [0.29, 0.717) is 36.0 Å². The van der Waals surface area contributed by atoms with Crippen molar-refractivity contribution in [2.75, 3.05) is 18.1 Å². The summed E-state index contributed by atoms with van der Waals surface area (Å²) in [6, 6.07) is 22.1. The van der Waals surface area contributed by atoms with Crippen LogP contribution in [0.5, 0.6) is 11.5 Å². The zero-order valence-electron chi connectivity index (χ0n) is 18.7. The second kappa shape index (κ2) is 10.2. The Morgan fingerprint density at radius 3 is 2.63 bits per heavy atom. The summed E-state index contributed by atoms with van der Waals surface area (Å²) in [6.07, 6.45) is -0.312. The van der Waals surface area contributed by atoms with E-state index in [-0.39, 0.29) is 17.8 Å². The highest BCUT2D eigenvalue weighted by Crippen LogP contribution is 2.36. The number of amides is 2. The van der Waals surface area contributed by atoms with E-state index in [1.54, 1.807) is 23.1 Å². The third-order valence-corrected chi connectivity index (χ3v) is 7.67. The smallest absolute Gasteiger partial charge is 0.427 e. The van der Waals surface area contributed by atoms with E-state index in [0.717, 1.165) is 16.8 Å². The van der Waals surface area contributed by atoms with Crippen molar-refractivity contribution in [3.8, 4) is 11.5 Å². The molecule has 2 aliphatic heterocycles. The fourth-order valence-corrected chi connectivity index (χ4v) is 5.53. The molecule has 2 heterocycles. The van der Waals surface area contributed by atoms with Crippen LogP contribution in [-0.4, -0.2) is 35.0 Å². The molecule has 0 bridgehead atoms. The molecule has 7 nitrogen and oxygen atoms in total. The number of rotatable bonds is 7. The lowest BCUT2D eigenvalue weighted by molar-refractivity contribution is -0.127. The van der Waals surface area contributed by atoms with Crippen LogP contribution in [0.3, 0.4) is 0 Å². The Morgan fingerprint density at radius 2 is 1.89 bits per heavy atom. The van der Waals surface area contributed by atoms with Gasteiger partial charge in [-0.05, 0) is 42.0 Å². The number of benzene rings is 3. The number of carbonyl (C=O) groups is 2. The predicted molar refractivity (Wildman–Crippen MR) is 134 cm³/mol. The fourth-order valence-electron chi connectivity index (χ4n) is 4.20. The number of para-hydroxylation sites is 2. The maximum absolute atomic E-state index is 13.3. The van der Waals surface area contributed by atoms with Crippen LogP contribution >= 0.6 is 11.6 Å². The number of hydrogen-bond donors (Lipinski definition) is 1. The van der Waals surface area contributed by atoms with Crippen molar-refractivity contribution in [3.05, 3.63) is 88.9 Å². The maximum atomic E-state index is 13.3. The summed E-state index contributed by atoms with van der Waals surface area (Å²) in [7, 11) is 0. The minimum Gasteiger partial charge on any atom is -0.607 e. The largest absolute Gasteiger partial charge is 0.607 e. The highest BCUT2D eigenvalue weighted by molar-refractivity contribution is 8.06. The Balaban J connectivity index is 1.23. The second-order valence-electron chi connectivity index (χ2n) is 8.29. The maximum Gasteiger partial charge on any atom is 0.427 e. The number of fused-ring (bicyclic) bond motifs is 1. The van der Waals surface area contributed by atoms with Gasteiger partial charge < -0.3 is 24.2 Å². The Labute approximate surface area is 211 Å². The van der Waals surface area contributed by atoms with E-state index in [9.17, 15) is 14.1 Å². The topological polar surface area (TPSA) is 90.9 Å². The van der Waals surface area contributed by atoms with Crippen LogP contribution in [0.15, 0.2) is 72.8 Å². The van der Waals surface area contributed by atoms with Gasteiger partial charge in [-0.25, -0.2) is 4.79 Å². The van der Waals surface area contributed by atoms with Gasteiger partial charge in [-0.1, -0.05) is 48.0 Å². The summed E-state index contributed by atoms with van der Waals surface area (Å²) in [5.74, 6) is 1.14. The SMILES string of the molecule is O=C1C(CCOc2ccc(C3CNC(=O)[S+]3[O-])cc2)Oc2ccccc2N1Cc1cccc(Cl)c1. The number of hydrogen-bond acceptors (Lipinski definition) is 5. The van der Waals surface area contributed by atoms with E-state index < -0.39 is 22.5 Å². The third-order valence-electron chi connectivity index (χ3n) is 5.97. The summed E-state index contributed by atoms with van der Waals surface area (Å²) >= 11 is 4.57. The zero-order chi connectivity index (χ0) is 24.4. The van der Waals surface area contributed by atoms with Crippen molar-refractivity contribution < 1.29 is 23.6 Å². The lowest BCUT2D eigenvalue weighted by Crippen LogP contribution is -2.46. The van der Waals surface area contributed by atoms with Crippen LogP contribution in [0.1, 0.15) is 22.8 Å². The van der Waals surface area contributed by atoms with Crippen LogP contribution in [0.4, 0.5) is 10.5 Å². The molecule has 0 aromatic heterocycles. The molecule has 9 heteroatoms. The third kappa shape index (κ3) is 5.10. The first-order valence-corrected chi connectivity index (χ1v) is 12.8. The van der Waals surface area contributed by atoms with Crippen LogP contribution in [0.2, 0.25) is 5.02 Å². The van der Waals surface area contributed by atoms with E-state index in [1.165, 1.54) is 0 Å². The molecule has 3 unspecified atom stereocenters. The number of nitrogens with one attached hydrogen (secondary N) is 1. The van der Waals surface area contributed by atoms with E-state index >= 15 is 0 Å². The highest BCUT2D eigenvalue weighted by Gasteiger charge is 2.39. The van der Waals surface area contributed by atoms with Crippen molar-refractivity contribution in [3.63, 3.8) is 0 Å². The first-order chi connectivity index (χ1) is 17.0. The molecular formula is C26H23ClN2O5S.